The lowest BCUT2D eigenvalue weighted by atomic mass is 9.86. The van der Waals surface area contributed by atoms with Gasteiger partial charge in [0, 0.05) is 41.8 Å². The Bertz CT molecular complexity index is 377. The molecule has 0 radical (unpaired) electrons. The minimum Gasteiger partial charge on any atom is -0.344 e. The Balaban J connectivity index is 2.78. The van der Waals surface area contributed by atoms with Gasteiger partial charge in [-0.25, -0.2) is 0 Å². The standard InChI is InChI=1S/C13H24N2O3S/c1-5-19(18)9-8-15-7-6-10(16)14-11(12(15)17)13(2,3)4/h11H,5-9H2,1-4H3,(H,14,16). The fourth-order valence-electron chi connectivity index (χ4n) is 1.99. The summed E-state index contributed by atoms with van der Waals surface area (Å²) in [6, 6.07) is -0.502. The van der Waals surface area contributed by atoms with Crippen LogP contribution in [-0.2, 0) is 20.4 Å². The molecule has 2 atom stereocenters. The Morgan fingerprint density at radius 1 is 1.37 bits per heavy atom. The zero-order valence-electron chi connectivity index (χ0n) is 12.2. The first kappa shape index (κ1) is 16.1. The van der Waals surface area contributed by atoms with E-state index in [2.05, 4.69) is 5.32 Å². The summed E-state index contributed by atoms with van der Waals surface area (Å²) < 4.78 is 11.5. The highest BCUT2D eigenvalue weighted by Crippen LogP contribution is 2.22. The van der Waals surface area contributed by atoms with Crippen molar-refractivity contribution < 1.29 is 13.8 Å². The quantitative estimate of drug-likeness (QED) is 0.820. The average Bonchev–Trinajstić information content (AvgIpc) is 2.46. The van der Waals surface area contributed by atoms with Crippen molar-refractivity contribution in [2.45, 2.75) is 40.2 Å². The number of carbonyl (C=O) groups is 2. The lowest BCUT2D eigenvalue weighted by Crippen LogP contribution is -2.52. The molecule has 6 heteroatoms. The van der Waals surface area contributed by atoms with Gasteiger partial charge in [-0.3, -0.25) is 13.8 Å². The molecular weight excluding hydrogens is 264 g/mol. The maximum atomic E-state index is 12.5. The Morgan fingerprint density at radius 3 is 2.53 bits per heavy atom. The Morgan fingerprint density at radius 2 is 2.00 bits per heavy atom. The van der Waals surface area contributed by atoms with Crippen molar-refractivity contribution in [1.82, 2.24) is 10.2 Å². The van der Waals surface area contributed by atoms with Crippen molar-refractivity contribution in [1.29, 1.82) is 0 Å². The van der Waals surface area contributed by atoms with E-state index in [1.807, 2.05) is 27.7 Å². The molecule has 1 heterocycles. The lowest BCUT2D eigenvalue weighted by molar-refractivity contribution is -0.136. The fraction of sp³-hybridized carbons (Fsp3) is 0.846. The largest absolute Gasteiger partial charge is 0.344 e. The minimum atomic E-state index is -0.890. The van der Waals surface area contributed by atoms with Crippen LogP contribution in [0.25, 0.3) is 0 Å². The van der Waals surface area contributed by atoms with Crippen LogP contribution in [0.4, 0.5) is 0 Å². The highest BCUT2D eigenvalue weighted by atomic mass is 32.2. The van der Waals surface area contributed by atoms with E-state index in [1.165, 1.54) is 0 Å². The third-order valence-corrected chi connectivity index (χ3v) is 4.53. The van der Waals surface area contributed by atoms with E-state index in [0.717, 1.165) is 0 Å². The van der Waals surface area contributed by atoms with Crippen LogP contribution >= 0.6 is 0 Å². The van der Waals surface area contributed by atoms with Gasteiger partial charge in [-0.1, -0.05) is 27.7 Å². The molecule has 0 aromatic heterocycles. The molecule has 1 N–H and O–H groups in total. The van der Waals surface area contributed by atoms with Gasteiger partial charge in [-0.2, -0.15) is 0 Å². The zero-order valence-corrected chi connectivity index (χ0v) is 13.0. The highest BCUT2D eigenvalue weighted by Gasteiger charge is 2.37. The van der Waals surface area contributed by atoms with E-state index in [4.69, 9.17) is 0 Å². The van der Waals surface area contributed by atoms with Crippen LogP contribution in [0.15, 0.2) is 0 Å². The van der Waals surface area contributed by atoms with Crippen molar-refractivity contribution in [3.63, 3.8) is 0 Å². The number of carbonyl (C=O) groups excluding carboxylic acids is 2. The number of amides is 2. The fourth-order valence-corrected chi connectivity index (χ4v) is 2.70. The molecule has 2 unspecified atom stereocenters. The summed E-state index contributed by atoms with van der Waals surface area (Å²) in [5.41, 5.74) is -0.320. The van der Waals surface area contributed by atoms with Crippen LogP contribution in [0.5, 0.6) is 0 Å². The maximum absolute atomic E-state index is 12.5. The molecule has 1 rings (SSSR count). The molecule has 0 aliphatic carbocycles. The number of nitrogens with zero attached hydrogens (tertiary/aromatic N) is 1. The topological polar surface area (TPSA) is 66.5 Å². The van der Waals surface area contributed by atoms with Gasteiger partial charge in [0.15, 0.2) is 0 Å². The Hall–Kier alpha value is -0.910. The first-order valence-corrected chi connectivity index (χ1v) is 8.17. The molecule has 5 nitrogen and oxygen atoms in total. The molecule has 1 fully saturated rings. The SMILES string of the molecule is CCS(=O)CCN1CCC(=O)NC(C(C)(C)C)C1=O. The van der Waals surface area contributed by atoms with Gasteiger partial charge in [-0.15, -0.1) is 0 Å². The molecule has 110 valence electrons. The van der Waals surface area contributed by atoms with Crippen molar-refractivity contribution in [3.05, 3.63) is 0 Å². The molecule has 0 saturated carbocycles. The molecule has 1 aliphatic rings. The second kappa shape index (κ2) is 6.50. The second-order valence-corrected chi connectivity index (χ2v) is 7.74. The predicted octanol–water partition coefficient (Wildman–Crippen LogP) is 0.518. The summed E-state index contributed by atoms with van der Waals surface area (Å²) in [5.74, 6) is 0.925. The van der Waals surface area contributed by atoms with Crippen LogP contribution in [0.3, 0.4) is 0 Å². The van der Waals surface area contributed by atoms with Crippen LogP contribution < -0.4 is 5.32 Å². The van der Waals surface area contributed by atoms with Crippen LogP contribution in [-0.4, -0.2) is 51.6 Å². The summed E-state index contributed by atoms with van der Waals surface area (Å²) in [6.45, 7) is 8.54. The van der Waals surface area contributed by atoms with E-state index in [0.29, 0.717) is 31.0 Å². The lowest BCUT2D eigenvalue weighted by Gasteiger charge is -2.32. The van der Waals surface area contributed by atoms with E-state index >= 15 is 0 Å². The van der Waals surface area contributed by atoms with Gasteiger partial charge in [0.1, 0.15) is 6.04 Å². The van der Waals surface area contributed by atoms with E-state index in [9.17, 15) is 13.8 Å². The predicted molar refractivity (Wildman–Crippen MR) is 76.1 cm³/mol. The van der Waals surface area contributed by atoms with E-state index in [1.54, 1.807) is 4.90 Å². The van der Waals surface area contributed by atoms with Crippen molar-refractivity contribution in [2.24, 2.45) is 5.41 Å². The van der Waals surface area contributed by atoms with Gasteiger partial charge in [0.25, 0.3) is 0 Å². The second-order valence-electron chi connectivity index (χ2n) is 5.87. The summed E-state index contributed by atoms with van der Waals surface area (Å²) in [6.07, 6.45) is 0.317. The first-order valence-electron chi connectivity index (χ1n) is 6.69. The Kier molecular flexibility index (Phi) is 5.52. The van der Waals surface area contributed by atoms with Crippen LogP contribution in [0, 0.1) is 5.41 Å². The van der Waals surface area contributed by atoms with Crippen LogP contribution in [0.2, 0.25) is 0 Å². The summed E-state index contributed by atoms with van der Waals surface area (Å²) in [7, 11) is -0.890. The number of hydrogen-bond acceptors (Lipinski definition) is 3. The summed E-state index contributed by atoms with van der Waals surface area (Å²) in [4.78, 5) is 25.8. The zero-order chi connectivity index (χ0) is 14.6. The Labute approximate surface area is 117 Å². The van der Waals surface area contributed by atoms with Crippen molar-refractivity contribution >= 4 is 22.6 Å². The van der Waals surface area contributed by atoms with E-state index in [-0.39, 0.29) is 17.2 Å². The number of hydrogen-bond donors (Lipinski definition) is 1. The number of rotatable bonds is 4. The third kappa shape index (κ3) is 4.60. The maximum Gasteiger partial charge on any atom is 0.245 e. The molecule has 1 aliphatic heterocycles. The van der Waals surface area contributed by atoms with Crippen LogP contribution in [0.1, 0.15) is 34.1 Å². The third-order valence-electron chi connectivity index (χ3n) is 3.25. The first-order chi connectivity index (χ1) is 8.75. The van der Waals surface area contributed by atoms with Gasteiger partial charge in [0.05, 0.1) is 0 Å². The summed E-state index contributed by atoms with van der Waals surface area (Å²) in [5, 5.41) is 2.79. The molecule has 0 bridgehead atoms. The smallest absolute Gasteiger partial charge is 0.245 e. The molecule has 0 spiro atoms. The highest BCUT2D eigenvalue weighted by molar-refractivity contribution is 7.84. The van der Waals surface area contributed by atoms with Gasteiger partial charge < -0.3 is 10.2 Å². The van der Waals surface area contributed by atoms with Gasteiger partial charge in [-0.05, 0) is 5.41 Å². The normalized spacial score (nSPS) is 22.9. The van der Waals surface area contributed by atoms with Crippen molar-refractivity contribution in [3.8, 4) is 0 Å². The van der Waals surface area contributed by atoms with Crippen molar-refractivity contribution in [2.75, 3.05) is 24.6 Å². The van der Waals surface area contributed by atoms with Gasteiger partial charge >= 0.3 is 0 Å². The number of nitrogens with one attached hydrogen (secondary N) is 1. The molecular formula is C13H24N2O3S. The molecule has 19 heavy (non-hydrogen) atoms. The summed E-state index contributed by atoms with van der Waals surface area (Å²) >= 11 is 0. The van der Waals surface area contributed by atoms with E-state index < -0.39 is 16.8 Å². The molecule has 0 aromatic rings. The minimum absolute atomic E-state index is 0.0635. The average molecular weight is 288 g/mol. The van der Waals surface area contributed by atoms with Gasteiger partial charge in [0.2, 0.25) is 11.8 Å². The molecule has 0 aromatic carbocycles. The molecule has 2 amide bonds. The molecule has 1 saturated heterocycles. The monoisotopic (exact) mass is 288 g/mol.